The predicted molar refractivity (Wildman–Crippen MR) is 91.8 cm³/mol. The fourth-order valence-corrected chi connectivity index (χ4v) is 4.39. The van der Waals surface area contributed by atoms with Crippen molar-refractivity contribution in [3.8, 4) is 0 Å². The molecule has 2 heterocycles. The third-order valence-electron chi connectivity index (χ3n) is 5.61. The van der Waals surface area contributed by atoms with Gasteiger partial charge in [-0.05, 0) is 19.4 Å². The molecule has 0 spiro atoms. The van der Waals surface area contributed by atoms with Gasteiger partial charge < -0.3 is 14.4 Å². The quantitative estimate of drug-likeness (QED) is 0.848. The molecule has 0 aromatic heterocycles. The number of benzene rings is 1. The molecule has 1 aliphatic carbocycles. The van der Waals surface area contributed by atoms with Crippen LogP contribution in [0.1, 0.15) is 19.4 Å². The number of fused-ring (bicyclic) bond motifs is 3. The van der Waals surface area contributed by atoms with Crippen LogP contribution in [-0.2, 0) is 20.8 Å². The van der Waals surface area contributed by atoms with E-state index in [0.29, 0.717) is 19.7 Å². The Hall–Kier alpha value is -2.05. The van der Waals surface area contributed by atoms with Crippen molar-refractivity contribution < 1.29 is 14.3 Å². The Labute approximate surface area is 147 Å². The smallest absolute Gasteiger partial charge is 0.217 e. The lowest BCUT2D eigenvalue weighted by Gasteiger charge is -2.52. The molecule has 0 radical (unpaired) electrons. The number of hydrogen-bond acceptors (Lipinski definition) is 6. The Morgan fingerprint density at radius 3 is 2.84 bits per heavy atom. The molecular weight excluding hydrogens is 318 g/mol. The van der Waals surface area contributed by atoms with Gasteiger partial charge in [0.2, 0.25) is 5.79 Å². The summed E-state index contributed by atoms with van der Waals surface area (Å²) in [6.07, 6.45) is 1.65. The summed E-state index contributed by atoms with van der Waals surface area (Å²) in [6.45, 7) is 5.76. The molecule has 0 bridgehead atoms. The number of azo groups is 1. The zero-order chi connectivity index (χ0) is 17.7. The molecule has 1 fully saturated rings. The van der Waals surface area contributed by atoms with E-state index < -0.39 is 11.3 Å². The van der Waals surface area contributed by atoms with E-state index in [9.17, 15) is 4.79 Å². The van der Waals surface area contributed by atoms with Crippen molar-refractivity contribution in [3.05, 3.63) is 47.7 Å². The summed E-state index contributed by atoms with van der Waals surface area (Å²) in [5.74, 6) is -1.29. The number of rotatable bonds is 3. The molecule has 0 saturated carbocycles. The Bertz CT molecular complexity index is 748. The second kappa shape index (κ2) is 5.75. The highest BCUT2D eigenvalue weighted by atomic mass is 16.7. The summed E-state index contributed by atoms with van der Waals surface area (Å²) in [5, 5.41) is 8.59. The maximum atomic E-state index is 12.9. The van der Waals surface area contributed by atoms with E-state index >= 15 is 0 Å². The molecule has 25 heavy (non-hydrogen) atoms. The molecule has 1 aromatic rings. The van der Waals surface area contributed by atoms with Crippen molar-refractivity contribution in [1.29, 1.82) is 0 Å². The minimum absolute atomic E-state index is 0.0307. The number of hydrogen-bond donors (Lipinski definition) is 0. The lowest BCUT2D eigenvalue weighted by Crippen LogP contribution is -2.65. The van der Waals surface area contributed by atoms with Crippen LogP contribution in [0.2, 0.25) is 0 Å². The van der Waals surface area contributed by atoms with Crippen LogP contribution < -0.4 is 0 Å². The lowest BCUT2D eigenvalue weighted by atomic mass is 9.69. The molecule has 132 valence electrons. The highest BCUT2D eigenvalue weighted by Crippen LogP contribution is 2.51. The van der Waals surface area contributed by atoms with Gasteiger partial charge in [0.25, 0.3) is 0 Å². The molecule has 6 nitrogen and oxygen atoms in total. The van der Waals surface area contributed by atoms with Gasteiger partial charge in [-0.2, -0.15) is 10.2 Å². The van der Waals surface area contributed by atoms with Gasteiger partial charge in [0.15, 0.2) is 11.3 Å². The molecule has 1 aromatic carbocycles. The lowest BCUT2D eigenvalue weighted by molar-refractivity contribution is -0.267. The number of morpholine rings is 1. The zero-order valence-electron chi connectivity index (χ0n) is 14.8. The molecular formula is C19H23N3O3. The van der Waals surface area contributed by atoms with Crippen LogP contribution in [0.3, 0.4) is 0 Å². The number of nitrogens with zero attached hydrogens (tertiary/aromatic N) is 3. The van der Waals surface area contributed by atoms with Crippen molar-refractivity contribution in [2.24, 2.45) is 16.1 Å². The van der Waals surface area contributed by atoms with Crippen LogP contribution in [0, 0.1) is 5.92 Å². The Kier molecular flexibility index (Phi) is 3.77. The van der Waals surface area contributed by atoms with E-state index in [1.807, 2.05) is 32.0 Å². The van der Waals surface area contributed by atoms with Crippen molar-refractivity contribution in [2.75, 3.05) is 20.3 Å². The first-order valence-corrected chi connectivity index (χ1v) is 8.68. The topological polar surface area (TPSA) is 63.5 Å². The summed E-state index contributed by atoms with van der Waals surface area (Å²) < 4.78 is 12.1. The molecule has 0 amide bonds. The highest BCUT2D eigenvalue weighted by Gasteiger charge is 2.65. The molecule has 1 unspecified atom stereocenters. The monoisotopic (exact) mass is 341 g/mol. The summed E-state index contributed by atoms with van der Waals surface area (Å²) in [6, 6.07) is 10.1. The van der Waals surface area contributed by atoms with Crippen LogP contribution >= 0.6 is 0 Å². The van der Waals surface area contributed by atoms with E-state index in [1.54, 1.807) is 13.2 Å². The third-order valence-corrected chi connectivity index (χ3v) is 5.61. The predicted octanol–water partition coefficient (Wildman–Crippen LogP) is 2.56. The largest absolute Gasteiger partial charge is 0.364 e. The molecule has 4 atom stereocenters. The van der Waals surface area contributed by atoms with Crippen molar-refractivity contribution >= 4 is 5.78 Å². The van der Waals surface area contributed by atoms with E-state index in [0.717, 1.165) is 5.70 Å². The van der Waals surface area contributed by atoms with E-state index in [4.69, 9.17) is 9.47 Å². The van der Waals surface area contributed by atoms with Gasteiger partial charge in [0.1, 0.15) is 0 Å². The molecule has 4 rings (SSSR count). The second-order valence-electron chi connectivity index (χ2n) is 7.10. The van der Waals surface area contributed by atoms with Gasteiger partial charge >= 0.3 is 0 Å². The van der Waals surface area contributed by atoms with E-state index in [-0.39, 0.29) is 17.7 Å². The zero-order valence-corrected chi connectivity index (χ0v) is 14.8. The summed E-state index contributed by atoms with van der Waals surface area (Å²) in [5.41, 5.74) is 1.05. The van der Waals surface area contributed by atoms with Crippen molar-refractivity contribution in [3.63, 3.8) is 0 Å². The van der Waals surface area contributed by atoms with Gasteiger partial charge in [0.05, 0.1) is 24.3 Å². The minimum atomic E-state index is -0.987. The van der Waals surface area contributed by atoms with Gasteiger partial charge in [-0.3, -0.25) is 4.79 Å². The maximum absolute atomic E-state index is 12.9. The van der Waals surface area contributed by atoms with Gasteiger partial charge in [-0.25, -0.2) is 0 Å². The summed E-state index contributed by atoms with van der Waals surface area (Å²) in [4.78, 5) is 15.1. The molecule has 2 aliphatic heterocycles. The van der Waals surface area contributed by atoms with Crippen molar-refractivity contribution in [1.82, 2.24) is 4.90 Å². The number of carbonyl (C=O) groups excluding carboxylic acids is 1. The summed E-state index contributed by atoms with van der Waals surface area (Å²) in [7, 11) is 1.64. The van der Waals surface area contributed by atoms with Crippen LogP contribution in [0.25, 0.3) is 0 Å². The van der Waals surface area contributed by atoms with Crippen molar-refractivity contribution in [2.45, 2.75) is 37.8 Å². The Morgan fingerprint density at radius 2 is 2.12 bits per heavy atom. The number of methoxy groups -OCH3 is 1. The second-order valence-corrected chi connectivity index (χ2v) is 7.10. The molecule has 3 aliphatic rings. The van der Waals surface area contributed by atoms with Gasteiger partial charge in [-0.15, -0.1) is 0 Å². The van der Waals surface area contributed by atoms with Crippen LogP contribution in [0.15, 0.2) is 52.3 Å². The molecule has 1 saturated heterocycles. The Balaban J connectivity index is 1.77. The van der Waals surface area contributed by atoms with Crippen LogP contribution in [-0.4, -0.2) is 48.3 Å². The fourth-order valence-electron chi connectivity index (χ4n) is 4.39. The first-order valence-electron chi connectivity index (χ1n) is 8.68. The van der Waals surface area contributed by atoms with Gasteiger partial charge in [0, 0.05) is 26.3 Å². The van der Waals surface area contributed by atoms with Crippen LogP contribution in [0.4, 0.5) is 0 Å². The first-order chi connectivity index (χ1) is 12.0. The number of ether oxygens (including phenoxy) is 2. The number of carbonyl (C=O) groups is 1. The van der Waals surface area contributed by atoms with Crippen LogP contribution in [0.5, 0.6) is 0 Å². The highest BCUT2D eigenvalue weighted by molar-refractivity contribution is 6.00. The fraction of sp³-hybridized carbons (Fsp3) is 0.526. The maximum Gasteiger partial charge on any atom is 0.217 e. The normalized spacial score (nSPS) is 36.8. The van der Waals surface area contributed by atoms with E-state index in [1.165, 1.54) is 5.56 Å². The average molecular weight is 341 g/mol. The van der Waals surface area contributed by atoms with E-state index in [2.05, 4.69) is 27.3 Å². The number of ketones is 1. The minimum Gasteiger partial charge on any atom is -0.364 e. The standard InChI is InChI=1S/C19H23N3O3/c1-13-17-18(2,21-20-13)16(23)11-15-19(17,24-3)25-10-9-22(15)12-14-7-5-4-6-8-14/h4-8,11,13,17H,9-10,12H2,1-3H3/t13?,17-,18-,19+/m0/s1. The summed E-state index contributed by atoms with van der Waals surface area (Å²) >= 11 is 0. The third kappa shape index (κ3) is 2.28. The average Bonchev–Trinajstić information content (AvgIpc) is 2.94. The molecule has 6 heteroatoms. The SMILES string of the molecule is CO[C@@]12OCCN(Cc3ccccc3)C1=CC(=O)[C@]1(C)N=NC(C)[C@H]21. The molecule has 0 N–H and O–H groups in total. The Morgan fingerprint density at radius 1 is 1.36 bits per heavy atom. The first kappa shape index (κ1) is 16.4. The van der Waals surface area contributed by atoms with Gasteiger partial charge in [-0.1, -0.05) is 30.3 Å².